The molecule has 2 N–H and O–H groups in total. The van der Waals surface area contributed by atoms with Crippen LogP contribution in [0.25, 0.3) is 0 Å². The summed E-state index contributed by atoms with van der Waals surface area (Å²) in [6.45, 7) is 0.377. The van der Waals surface area contributed by atoms with Gasteiger partial charge in [0.2, 0.25) is 0 Å². The molecule has 0 saturated heterocycles. The first-order valence-corrected chi connectivity index (χ1v) is 10.9. The summed E-state index contributed by atoms with van der Waals surface area (Å²) in [5.41, 5.74) is 6.34. The molecule has 114 valence electrons. The molecule has 0 atom stereocenters. The summed E-state index contributed by atoms with van der Waals surface area (Å²) in [7, 11) is -6.29. The number of rotatable bonds is 8. The highest BCUT2D eigenvalue weighted by molar-refractivity contribution is 8.01. The number of sulfone groups is 2. The zero-order valence-corrected chi connectivity index (χ0v) is 13.7. The highest BCUT2D eigenvalue weighted by Crippen LogP contribution is 2.14. The fraction of sp³-hybridized carbons (Fsp3) is 0.500. The van der Waals surface area contributed by atoms with Gasteiger partial charge in [-0.1, -0.05) is 12.1 Å². The minimum Gasteiger partial charge on any atom is -0.326 e. The third kappa shape index (κ3) is 6.25. The highest BCUT2D eigenvalue weighted by Gasteiger charge is 2.14. The molecule has 8 heteroatoms. The lowest BCUT2D eigenvalue weighted by molar-refractivity contribution is 0.597. The van der Waals surface area contributed by atoms with Gasteiger partial charge in [-0.05, 0) is 17.7 Å². The molecule has 0 bridgehead atoms. The van der Waals surface area contributed by atoms with Crippen molar-refractivity contribution in [1.82, 2.24) is 0 Å². The summed E-state index contributed by atoms with van der Waals surface area (Å²) in [6.07, 6.45) is 1.17. The second-order valence-electron chi connectivity index (χ2n) is 4.41. The fourth-order valence-electron chi connectivity index (χ4n) is 1.43. The largest absolute Gasteiger partial charge is 0.326 e. The molecule has 0 spiro atoms. The van der Waals surface area contributed by atoms with E-state index in [1.807, 2.05) is 0 Å². The second-order valence-corrected chi connectivity index (χ2v) is 10.0. The molecule has 0 aliphatic rings. The summed E-state index contributed by atoms with van der Waals surface area (Å²) in [5, 5.41) is 0. The molecular formula is C12H19NO4S3. The third-order valence-corrected chi connectivity index (χ3v) is 6.79. The first-order chi connectivity index (χ1) is 9.24. The molecule has 0 aliphatic heterocycles. The van der Waals surface area contributed by atoms with Crippen molar-refractivity contribution in [2.75, 3.05) is 29.3 Å². The Kier molecular flexibility index (Phi) is 6.50. The number of benzene rings is 1. The van der Waals surface area contributed by atoms with Crippen LogP contribution < -0.4 is 5.73 Å². The van der Waals surface area contributed by atoms with Gasteiger partial charge in [0.15, 0.2) is 9.84 Å². The van der Waals surface area contributed by atoms with E-state index in [1.165, 1.54) is 18.0 Å². The second kappa shape index (κ2) is 7.44. The van der Waals surface area contributed by atoms with Gasteiger partial charge in [0.25, 0.3) is 0 Å². The van der Waals surface area contributed by atoms with Gasteiger partial charge in [-0.2, -0.15) is 11.8 Å². The van der Waals surface area contributed by atoms with Crippen LogP contribution in [0.4, 0.5) is 0 Å². The maximum absolute atomic E-state index is 12.0. The monoisotopic (exact) mass is 337 g/mol. The number of nitrogens with two attached hydrogens (primary N) is 1. The zero-order valence-electron chi connectivity index (χ0n) is 11.3. The molecule has 0 heterocycles. The Morgan fingerprint density at radius 3 is 2.05 bits per heavy atom. The normalized spacial score (nSPS) is 12.5. The van der Waals surface area contributed by atoms with E-state index >= 15 is 0 Å². The molecule has 0 radical (unpaired) electrons. The number of hydrogen-bond donors (Lipinski definition) is 1. The van der Waals surface area contributed by atoms with Gasteiger partial charge >= 0.3 is 0 Å². The van der Waals surface area contributed by atoms with Crippen LogP contribution in [-0.2, 0) is 26.2 Å². The van der Waals surface area contributed by atoms with Crippen molar-refractivity contribution in [2.24, 2.45) is 5.73 Å². The molecule has 20 heavy (non-hydrogen) atoms. The quantitative estimate of drug-likeness (QED) is 0.702. The summed E-state index contributed by atoms with van der Waals surface area (Å²) in [6, 6.07) is 6.50. The maximum atomic E-state index is 12.0. The van der Waals surface area contributed by atoms with Crippen LogP contribution in [0.15, 0.2) is 29.2 Å². The van der Waals surface area contributed by atoms with Crippen molar-refractivity contribution in [3.8, 4) is 0 Å². The molecular weight excluding hydrogens is 318 g/mol. The topological polar surface area (TPSA) is 94.3 Å². The summed E-state index contributed by atoms with van der Waals surface area (Å²) in [5.74, 6) is 0.878. The van der Waals surface area contributed by atoms with E-state index < -0.39 is 19.7 Å². The lowest BCUT2D eigenvalue weighted by atomic mass is 10.2. The predicted octanol–water partition coefficient (Wildman–Crippen LogP) is 0.697. The standard InChI is InChI=1S/C12H19NO4S3/c1-19(14,15)8-6-18-7-9-20(16,17)12-4-2-11(10-13)3-5-12/h2-5H,6-10,13H2,1H3. The van der Waals surface area contributed by atoms with Crippen LogP contribution >= 0.6 is 11.8 Å². The van der Waals surface area contributed by atoms with Crippen LogP contribution in [0.2, 0.25) is 0 Å². The molecule has 0 saturated carbocycles. The molecule has 0 aromatic heterocycles. The predicted molar refractivity (Wildman–Crippen MR) is 83.4 cm³/mol. The molecule has 0 unspecified atom stereocenters. The van der Waals surface area contributed by atoms with E-state index in [2.05, 4.69) is 0 Å². The molecule has 5 nitrogen and oxygen atoms in total. The van der Waals surface area contributed by atoms with Gasteiger partial charge in [0.05, 0.1) is 16.4 Å². The zero-order chi connectivity index (χ0) is 15.2. The minimum absolute atomic E-state index is 0.00337. The van der Waals surface area contributed by atoms with Crippen LogP contribution in [-0.4, -0.2) is 46.1 Å². The Labute approximate surface area is 124 Å². The maximum Gasteiger partial charge on any atom is 0.179 e. The lowest BCUT2D eigenvalue weighted by Gasteiger charge is -2.05. The third-order valence-electron chi connectivity index (χ3n) is 2.61. The lowest BCUT2D eigenvalue weighted by Crippen LogP contribution is -2.11. The van der Waals surface area contributed by atoms with E-state index in [9.17, 15) is 16.8 Å². The molecule has 0 amide bonds. The van der Waals surface area contributed by atoms with Crippen molar-refractivity contribution < 1.29 is 16.8 Å². The Morgan fingerprint density at radius 1 is 1.00 bits per heavy atom. The van der Waals surface area contributed by atoms with Gasteiger partial charge in [-0.3, -0.25) is 0 Å². The molecule has 1 rings (SSSR count). The Bertz CT molecular complexity index is 621. The van der Waals surface area contributed by atoms with Crippen molar-refractivity contribution in [3.05, 3.63) is 29.8 Å². The molecule has 0 aliphatic carbocycles. The molecule has 1 aromatic carbocycles. The molecule has 1 aromatic rings. The van der Waals surface area contributed by atoms with Gasteiger partial charge in [-0.25, -0.2) is 16.8 Å². The highest BCUT2D eigenvalue weighted by atomic mass is 32.2. The van der Waals surface area contributed by atoms with E-state index in [0.29, 0.717) is 18.1 Å². The average molecular weight is 337 g/mol. The van der Waals surface area contributed by atoms with Crippen LogP contribution in [0.1, 0.15) is 5.56 Å². The van der Waals surface area contributed by atoms with Crippen LogP contribution in [0.5, 0.6) is 0 Å². The van der Waals surface area contributed by atoms with E-state index in [0.717, 1.165) is 5.56 Å². The average Bonchev–Trinajstić information content (AvgIpc) is 2.37. The van der Waals surface area contributed by atoms with Crippen molar-refractivity contribution in [2.45, 2.75) is 11.4 Å². The van der Waals surface area contributed by atoms with E-state index in [4.69, 9.17) is 5.73 Å². The Morgan fingerprint density at radius 2 is 1.55 bits per heavy atom. The van der Waals surface area contributed by atoms with Crippen LogP contribution in [0.3, 0.4) is 0 Å². The fourth-order valence-corrected chi connectivity index (χ4v) is 5.45. The summed E-state index contributed by atoms with van der Waals surface area (Å²) < 4.78 is 45.9. The van der Waals surface area contributed by atoms with Gasteiger partial charge in [-0.15, -0.1) is 0 Å². The number of thioether (sulfide) groups is 1. The first kappa shape index (κ1) is 17.5. The summed E-state index contributed by atoms with van der Waals surface area (Å²) >= 11 is 1.33. The van der Waals surface area contributed by atoms with Gasteiger partial charge < -0.3 is 5.73 Å². The number of hydrogen-bond acceptors (Lipinski definition) is 6. The Hall–Kier alpha value is -0.570. The van der Waals surface area contributed by atoms with Crippen molar-refractivity contribution in [1.29, 1.82) is 0 Å². The van der Waals surface area contributed by atoms with Crippen molar-refractivity contribution in [3.63, 3.8) is 0 Å². The van der Waals surface area contributed by atoms with Gasteiger partial charge in [0.1, 0.15) is 9.84 Å². The van der Waals surface area contributed by atoms with Crippen molar-refractivity contribution >= 4 is 31.4 Å². The Balaban J connectivity index is 2.49. The minimum atomic E-state index is -3.31. The smallest absolute Gasteiger partial charge is 0.179 e. The van der Waals surface area contributed by atoms with Crippen LogP contribution in [0, 0.1) is 0 Å². The SMILES string of the molecule is CS(=O)(=O)CCSCCS(=O)(=O)c1ccc(CN)cc1. The first-order valence-electron chi connectivity index (χ1n) is 6.02. The molecule has 0 fully saturated rings. The summed E-state index contributed by atoms with van der Waals surface area (Å²) in [4.78, 5) is 0.276. The van der Waals surface area contributed by atoms with E-state index in [1.54, 1.807) is 24.3 Å². The van der Waals surface area contributed by atoms with Gasteiger partial charge in [0, 0.05) is 24.3 Å². The van der Waals surface area contributed by atoms with E-state index in [-0.39, 0.29) is 16.4 Å².